The van der Waals surface area contributed by atoms with Crippen molar-refractivity contribution in [1.82, 2.24) is 4.67 Å². The number of hydrogen-bond acceptors (Lipinski definition) is 4. The molecule has 5 nitrogen and oxygen atoms in total. The Morgan fingerprint density at radius 3 is 2.41 bits per heavy atom. The van der Waals surface area contributed by atoms with E-state index < -0.39 is 19.5 Å². The van der Waals surface area contributed by atoms with Crippen molar-refractivity contribution in [3.8, 4) is 6.07 Å². The van der Waals surface area contributed by atoms with Gasteiger partial charge in [0.2, 0.25) is 0 Å². The quantitative estimate of drug-likeness (QED) is 0.508. The molecule has 0 amide bonds. The highest BCUT2D eigenvalue weighted by molar-refractivity contribution is 7.51. The summed E-state index contributed by atoms with van der Waals surface area (Å²) in [5.74, 6) is 0. The van der Waals surface area contributed by atoms with E-state index in [4.69, 9.17) is 9.05 Å². The molecule has 140 valence electrons. The van der Waals surface area contributed by atoms with Gasteiger partial charge in [-0.25, -0.2) is 9.24 Å². The molecule has 3 rings (SSSR count). The summed E-state index contributed by atoms with van der Waals surface area (Å²) in [7, 11) is -2.01. The van der Waals surface area contributed by atoms with Crippen LogP contribution in [0.3, 0.4) is 0 Å². The standard InChI is InChI=1S/C21H23N2O3P/c1-4-15-21(16-22,19-13-9-6-10-14-19)26-27(24)23(3)17(2)20(25-27)18-11-7-5-8-12-18/h4-14,17,20H,1,15H2,2-3H3. The third-order valence-corrected chi connectivity index (χ3v) is 7.09. The van der Waals surface area contributed by atoms with Crippen molar-refractivity contribution < 1.29 is 13.6 Å². The van der Waals surface area contributed by atoms with Gasteiger partial charge in [0.15, 0.2) is 5.60 Å². The average Bonchev–Trinajstić information content (AvgIpc) is 2.93. The van der Waals surface area contributed by atoms with E-state index in [9.17, 15) is 9.83 Å². The van der Waals surface area contributed by atoms with Crippen molar-refractivity contribution in [3.05, 3.63) is 84.4 Å². The fourth-order valence-electron chi connectivity index (χ4n) is 3.24. The summed E-state index contributed by atoms with van der Waals surface area (Å²) in [5, 5.41) is 9.95. The van der Waals surface area contributed by atoms with Gasteiger partial charge in [-0.1, -0.05) is 66.7 Å². The molecule has 1 aliphatic rings. The predicted octanol–water partition coefficient (Wildman–Crippen LogP) is 5.20. The fourth-order valence-corrected chi connectivity index (χ4v) is 5.33. The molecule has 27 heavy (non-hydrogen) atoms. The second-order valence-corrected chi connectivity index (χ2v) is 8.57. The number of nitrogens with zero attached hydrogens (tertiary/aromatic N) is 2. The molecular formula is C21H23N2O3P. The Morgan fingerprint density at radius 1 is 1.26 bits per heavy atom. The van der Waals surface area contributed by atoms with Gasteiger partial charge in [-0.15, -0.1) is 6.58 Å². The summed E-state index contributed by atoms with van der Waals surface area (Å²) < 4.78 is 27.2. The summed E-state index contributed by atoms with van der Waals surface area (Å²) in [6, 6.07) is 20.7. The molecule has 1 saturated heterocycles. The lowest BCUT2D eigenvalue weighted by Gasteiger charge is -2.31. The smallest absolute Gasteiger partial charge is 0.287 e. The fraction of sp³-hybridized carbons (Fsp3) is 0.286. The van der Waals surface area contributed by atoms with Crippen molar-refractivity contribution in [2.45, 2.75) is 31.1 Å². The first-order valence-electron chi connectivity index (χ1n) is 8.81. The lowest BCUT2D eigenvalue weighted by molar-refractivity contribution is 0.0838. The van der Waals surface area contributed by atoms with Crippen molar-refractivity contribution in [2.75, 3.05) is 7.05 Å². The van der Waals surface area contributed by atoms with Gasteiger partial charge >= 0.3 is 7.75 Å². The van der Waals surface area contributed by atoms with Crippen LogP contribution in [0.2, 0.25) is 0 Å². The van der Waals surface area contributed by atoms with Gasteiger partial charge < -0.3 is 0 Å². The lowest BCUT2D eigenvalue weighted by atomic mass is 9.92. The van der Waals surface area contributed by atoms with Gasteiger partial charge in [-0.2, -0.15) is 5.26 Å². The molecule has 0 radical (unpaired) electrons. The van der Waals surface area contributed by atoms with E-state index in [0.29, 0.717) is 5.56 Å². The van der Waals surface area contributed by atoms with Crippen LogP contribution in [0.5, 0.6) is 0 Å². The van der Waals surface area contributed by atoms with E-state index in [1.807, 2.05) is 55.5 Å². The van der Waals surface area contributed by atoms with Crippen molar-refractivity contribution in [1.29, 1.82) is 5.26 Å². The van der Waals surface area contributed by atoms with Gasteiger partial charge in [-0.3, -0.25) is 9.05 Å². The molecule has 0 aliphatic carbocycles. The van der Waals surface area contributed by atoms with Crippen LogP contribution >= 0.6 is 7.75 Å². The largest absolute Gasteiger partial charge is 0.410 e. The minimum absolute atomic E-state index is 0.172. The molecule has 2 aromatic rings. The highest BCUT2D eigenvalue weighted by Gasteiger charge is 2.53. The molecule has 2 aromatic carbocycles. The van der Waals surface area contributed by atoms with E-state index in [0.717, 1.165) is 5.56 Å². The summed E-state index contributed by atoms with van der Waals surface area (Å²) >= 11 is 0. The summed E-state index contributed by atoms with van der Waals surface area (Å²) in [4.78, 5) is 0. The molecular weight excluding hydrogens is 359 g/mol. The maximum atomic E-state index is 13.7. The average molecular weight is 382 g/mol. The molecule has 6 heteroatoms. The van der Waals surface area contributed by atoms with E-state index in [-0.39, 0.29) is 12.5 Å². The normalized spacial score (nSPS) is 27.6. The van der Waals surface area contributed by atoms with Crippen LogP contribution in [-0.4, -0.2) is 17.8 Å². The van der Waals surface area contributed by atoms with E-state index in [1.54, 1.807) is 29.9 Å². The Morgan fingerprint density at radius 2 is 1.85 bits per heavy atom. The maximum Gasteiger partial charge on any atom is 0.410 e. The summed E-state index contributed by atoms with van der Waals surface area (Å²) in [6.07, 6.45) is 1.38. The highest BCUT2D eigenvalue weighted by Crippen LogP contribution is 2.65. The number of benzene rings is 2. The number of likely N-dealkylation sites (N-methyl/N-ethyl adjacent to an activating group) is 1. The van der Waals surface area contributed by atoms with E-state index in [1.165, 1.54) is 0 Å². The molecule has 0 saturated carbocycles. The maximum absolute atomic E-state index is 13.7. The minimum atomic E-state index is -3.71. The van der Waals surface area contributed by atoms with E-state index in [2.05, 4.69) is 12.6 Å². The van der Waals surface area contributed by atoms with Crippen molar-refractivity contribution in [2.24, 2.45) is 0 Å². The molecule has 1 fully saturated rings. The molecule has 0 N–H and O–H groups in total. The van der Waals surface area contributed by atoms with Crippen LogP contribution < -0.4 is 0 Å². The van der Waals surface area contributed by atoms with Gasteiger partial charge in [0.25, 0.3) is 0 Å². The van der Waals surface area contributed by atoms with Gasteiger partial charge in [0.1, 0.15) is 12.2 Å². The van der Waals surface area contributed by atoms with Crippen LogP contribution in [0, 0.1) is 11.3 Å². The second-order valence-electron chi connectivity index (χ2n) is 6.61. The van der Waals surface area contributed by atoms with Gasteiger partial charge in [-0.05, 0) is 25.1 Å². The monoisotopic (exact) mass is 382 g/mol. The molecule has 4 atom stereocenters. The zero-order chi connectivity index (χ0) is 19.5. The Labute approximate surface area is 160 Å². The van der Waals surface area contributed by atoms with Crippen molar-refractivity contribution in [3.63, 3.8) is 0 Å². The lowest BCUT2D eigenvalue weighted by Crippen LogP contribution is -2.30. The number of hydrogen-bond donors (Lipinski definition) is 0. The Kier molecular flexibility index (Phi) is 5.64. The Hall–Kier alpha value is -2.22. The number of rotatable bonds is 6. The first-order chi connectivity index (χ1) is 13.0. The zero-order valence-electron chi connectivity index (χ0n) is 15.5. The molecule has 0 spiro atoms. The van der Waals surface area contributed by atoms with Crippen LogP contribution in [0.1, 0.15) is 30.6 Å². The van der Waals surface area contributed by atoms with Gasteiger partial charge in [0, 0.05) is 12.5 Å². The van der Waals surface area contributed by atoms with Crippen LogP contribution in [0.15, 0.2) is 73.3 Å². The topological polar surface area (TPSA) is 62.6 Å². The molecule has 0 bridgehead atoms. The number of nitriles is 1. The Balaban J connectivity index is 1.97. The van der Waals surface area contributed by atoms with Crippen LogP contribution in [0.25, 0.3) is 0 Å². The molecule has 1 heterocycles. The molecule has 1 aliphatic heterocycles. The highest BCUT2D eigenvalue weighted by atomic mass is 31.2. The van der Waals surface area contributed by atoms with Crippen molar-refractivity contribution >= 4 is 7.75 Å². The van der Waals surface area contributed by atoms with Crippen LogP contribution in [0.4, 0.5) is 0 Å². The first-order valence-corrected chi connectivity index (χ1v) is 10.3. The Bertz CT molecular complexity index is 881. The summed E-state index contributed by atoms with van der Waals surface area (Å²) in [5.41, 5.74) is 0.109. The third-order valence-electron chi connectivity index (χ3n) is 4.91. The first kappa shape index (κ1) is 19.5. The zero-order valence-corrected chi connectivity index (χ0v) is 16.4. The van der Waals surface area contributed by atoms with E-state index >= 15 is 0 Å². The van der Waals surface area contributed by atoms with Gasteiger partial charge in [0.05, 0.1) is 0 Å². The third kappa shape index (κ3) is 3.63. The predicted molar refractivity (Wildman–Crippen MR) is 105 cm³/mol. The molecule has 0 aromatic heterocycles. The minimum Gasteiger partial charge on any atom is -0.287 e. The SMILES string of the molecule is C=CCC(C#N)(OP1(=O)OC(c2ccccc2)C(C)N1C)c1ccccc1. The summed E-state index contributed by atoms with van der Waals surface area (Å²) in [6.45, 7) is 5.67. The molecule has 4 unspecified atom stereocenters. The van der Waals surface area contributed by atoms with Crippen LogP contribution in [-0.2, 0) is 19.2 Å². The second kappa shape index (κ2) is 7.80.